The number of rotatable bonds is 5. The molecule has 0 N–H and O–H groups in total. The molecule has 1 aliphatic carbocycles. The average molecular weight is 409 g/mol. The summed E-state index contributed by atoms with van der Waals surface area (Å²) in [4.78, 5) is 29.6. The van der Waals surface area contributed by atoms with E-state index >= 15 is 0 Å². The minimum atomic E-state index is 0.0654. The van der Waals surface area contributed by atoms with Crippen molar-refractivity contribution in [3.8, 4) is 0 Å². The van der Waals surface area contributed by atoms with Gasteiger partial charge in [-0.2, -0.15) is 0 Å². The van der Waals surface area contributed by atoms with Crippen LogP contribution in [-0.4, -0.2) is 47.8 Å². The van der Waals surface area contributed by atoms with E-state index in [1.807, 2.05) is 30.6 Å². The van der Waals surface area contributed by atoms with Crippen LogP contribution in [0.2, 0.25) is 0 Å². The standard InChI is InChI=1S/C25H32N2O3/c1-4-26(5-2)23(28)16-19-17-25(22-9-7-6-8-21(19)22)11-13-27(14-12-25)24(29)20-10-15-30-18(20)3/h6-10,15,19H,4-5,11-14,16-17H2,1-3H3/t19-/m0/s1. The van der Waals surface area contributed by atoms with E-state index in [0.29, 0.717) is 17.7 Å². The number of aryl methyl sites for hydroxylation is 1. The van der Waals surface area contributed by atoms with Crippen molar-refractivity contribution in [2.75, 3.05) is 26.2 Å². The van der Waals surface area contributed by atoms with Crippen LogP contribution in [0, 0.1) is 6.92 Å². The summed E-state index contributed by atoms with van der Waals surface area (Å²) in [6.45, 7) is 8.94. The Hall–Kier alpha value is -2.56. The Balaban J connectivity index is 1.51. The molecule has 2 aromatic rings. The quantitative estimate of drug-likeness (QED) is 0.732. The molecule has 1 aromatic carbocycles. The lowest BCUT2D eigenvalue weighted by atomic mass is 9.73. The molecule has 0 saturated carbocycles. The monoisotopic (exact) mass is 408 g/mol. The van der Waals surface area contributed by atoms with E-state index in [9.17, 15) is 9.59 Å². The van der Waals surface area contributed by atoms with Gasteiger partial charge in [-0.3, -0.25) is 9.59 Å². The Labute approximate surface area is 179 Å². The van der Waals surface area contributed by atoms with Gasteiger partial charge < -0.3 is 14.2 Å². The highest BCUT2D eigenvalue weighted by molar-refractivity contribution is 5.95. The van der Waals surface area contributed by atoms with Gasteiger partial charge in [0.15, 0.2) is 0 Å². The average Bonchev–Trinajstić information content (AvgIpc) is 3.31. The molecule has 2 aliphatic rings. The molecule has 1 atom stereocenters. The lowest BCUT2D eigenvalue weighted by molar-refractivity contribution is -0.131. The van der Waals surface area contributed by atoms with Crippen LogP contribution >= 0.6 is 0 Å². The zero-order valence-corrected chi connectivity index (χ0v) is 18.3. The van der Waals surface area contributed by atoms with Crippen LogP contribution in [0.5, 0.6) is 0 Å². The third kappa shape index (κ3) is 3.55. The molecular formula is C25H32N2O3. The number of carbonyl (C=O) groups excluding carboxylic acids is 2. The van der Waals surface area contributed by atoms with E-state index in [-0.39, 0.29) is 23.1 Å². The Morgan fingerprint density at radius 1 is 1.13 bits per heavy atom. The number of hydrogen-bond acceptors (Lipinski definition) is 3. The molecule has 0 bridgehead atoms. The first kappa shape index (κ1) is 20.7. The molecule has 1 fully saturated rings. The van der Waals surface area contributed by atoms with Gasteiger partial charge in [-0.15, -0.1) is 0 Å². The molecule has 1 aromatic heterocycles. The fourth-order valence-corrected chi connectivity index (χ4v) is 5.51. The van der Waals surface area contributed by atoms with Crippen molar-refractivity contribution >= 4 is 11.8 Å². The SMILES string of the molecule is CCN(CC)C(=O)C[C@H]1CC2(CCN(C(=O)c3ccoc3C)CC2)c2ccccc21. The van der Waals surface area contributed by atoms with Gasteiger partial charge in [0.1, 0.15) is 5.76 Å². The summed E-state index contributed by atoms with van der Waals surface area (Å²) in [5.74, 6) is 1.27. The molecule has 1 aliphatic heterocycles. The minimum absolute atomic E-state index is 0.0654. The number of nitrogens with zero attached hydrogens (tertiary/aromatic N) is 2. The van der Waals surface area contributed by atoms with Gasteiger partial charge in [0.25, 0.3) is 5.91 Å². The molecule has 5 nitrogen and oxygen atoms in total. The van der Waals surface area contributed by atoms with Crippen molar-refractivity contribution in [1.29, 1.82) is 0 Å². The van der Waals surface area contributed by atoms with E-state index in [2.05, 4.69) is 24.3 Å². The number of furan rings is 1. The molecule has 2 heterocycles. The van der Waals surface area contributed by atoms with E-state index in [4.69, 9.17) is 4.42 Å². The molecule has 2 amide bonds. The van der Waals surface area contributed by atoms with Crippen molar-refractivity contribution in [3.05, 3.63) is 59.0 Å². The number of carbonyl (C=O) groups is 2. The van der Waals surface area contributed by atoms with Gasteiger partial charge in [-0.1, -0.05) is 24.3 Å². The molecule has 1 spiro atoms. The maximum absolute atomic E-state index is 12.9. The predicted molar refractivity (Wildman–Crippen MR) is 117 cm³/mol. The molecule has 30 heavy (non-hydrogen) atoms. The molecular weight excluding hydrogens is 376 g/mol. The molecule has 0 radical (unpaired) electrons. The van der Waals surface area contributed by atoms with E-state index in [0.717, 1.165) is 45.4 Å². The highest BCUT2D eigenvalue weighted by Gasteiger charge is 2.46. The maximum atomic E-state index is 12.9. The predicted octanol–water partition coefficient (Wildman–Crippen LogP) is 4.51. The second kappa shape index (κ2) is 8.29. The Bertz CT molecular complexity index is 920. The smallest absolute Gasteiger partial charge is 0.257 e. The van der Waals surface area contributed by atoms with Crippen molar-refractivity contribution in [2.24, 2.45) is 0 Å². The second-order valence-corrected chi connectivity index (χ2v) is 8.72. The largest absolute Gasteiger partial charge is 0.469 e. The first-order chi connectivity index (χ1) is 14.5. The summed E-state index contributed by atoms with van der Waals surface area (Å²) >= 11 is 0. The minimum Gasteiger partial charge on any atom is -0.469 e. The zero-order valence-electron chi connectivity index (χ0n) is 18.3. The maximum Gasteiger partial charge on any atom is 0.257 e. The molecule has 5 heteroatoms. The van der Waals surface area contributed by atoms with Gasteiger partial charge in [-0.25, -0.2) is 0 Å². The van der Waals surface area contributed by atoms with Gasteiger partial charge >= 0.3 is 0 Å². The summed E-state index contributed by atoms with van der Waals surface area (Å²) in [6.07, 6.45) is 5.06. The van der Waals surface area contributed by atoms with Gasteiger partial charge in [-0.05, 0) is 68.6 Å². The van der Waals surface area contributed by atoms with Crippen molar-refractivity contribution in [2.45, 2.75) is 57.8 Å². The van der Waals surface area contributed by atoms with E-state index in [1.165, 1.54) is 11.1 Å². The fraction of sp³-hybridized carbons (Fsp3) is 0.520. The normalized spacial score (nSPS) is 19.7. The van der Waals surface area contributed by atoms with E-state index < -0.39 is 0 Å². The second-order valence-electron chi connectivity index (χ2n) is 8.72. The van der Waals surface area contributed by atoms with Crippen LogP contribution in [0.3, 0.4) is 0 Å². The number of hydrogen-bond donors (Lipinski definition) is 0. The number of amides is 2. The van der Waals surface area contributed by atoms with Crippen molar-refractivity contribution in [1.82, 2.24) is 9.80 Å². The van der Waals surface area contributed by atoms with Crippen LogP contribution in [0.4, 0.5) is 0 Å². The lowest BCUT2D eigenvalue weighted by Crippen LogP contribution is -2.44. The summed E-state index contributed by atoms with van der Waals surface area (Å²) in [5, 5.41) is 0. The van der Waals surface area contributed by atoms with Crippen LogP contribution in [0.25, 0.3) is 0 Å². The van der Waals surface area contributed by atoms with Crippen molar-refractivity contribution < 1.29 is 14.0 Å². The number of likely N-dealkylation sites (tertiary alicyclic amines) is 1. The van der Waals surface area contributed by atoms with Crippen molar-refractivity contribution in [3.63, 3.8) is 0 Å². The fourth-order valence-electron chi connectivity index (χ4n) is 5.51. The van der Waals surface area contributed by atoms with Crippen LogP contribution in [0.15, 0.2) is 41.0 Å². The summed E-state index contributed by atoms with van der Waals surface area (Å²) in [7, 11) is 0. The highest BCUT2D eigenvalue weighted by atomic mass is 16.3. The molecule has 160 valence electrons. The molecule has 0 unspecified atom stereocenters. The third-order valence-corrected chi connectivity index (χ3v) is 7.24. The highest BCUT2D eigenvalue weighted by Crippen LogP contribution is 2.52. The first-order valence-electron chi connectivity index (χ1n) is 11.2. The first-order valence-corrected chi connectivity index (χ1v) is 11.2. The van der Waals surface area contributed by atoms with E-state index in [1.54, 1.807) is 12.3 Å². The summed E-state index contributed by atoms with van der Waals surface area (Å²) in [5.41, 5.74) is 3.48. The van der Waals surface area contributed by atoms with Gasteiger partial charge in [0.05, 0.1) is 11.8 Å². The third-order valence-electron chi connectivity index (χ3n) is 7.24. The Morgan fingerprint density at radius 2 is 1.83 bits per heavy atom. The van der Waals surface area contributed by atoms with Crippen LogP contribution in [0.1, 0.15) is 72.7 Å². The van der Waals surface area contributed by atoms with Crippen LogP contribution in [-0.2, 0) is 10.2 Å². The zero-order chi connectivity index (χ0) is 21.3. The summed E-state index contributed by atoms with van der Waals surface area (Å²) in [6, 6.07) is 10.4. The molecule has 1 saturated heterocycles. The van der Waals surface area contributed by atoms with Crippen LogP contribution < -0.4 is 0 Å². The number of piperidine rings is 1. The van der Waals surface area contributed by atoms with Gasteiger partial charge in [0.2, 0.25) is 5.91 Å². The lowest BCUT2D eigenvalue weighted by Gasteiger charge is -2.40. The number of benzene rings is 1. The topological polar surface area (TPSA) is 53.8 Å². The molecule has 4 rings (SSSR count). The Kier molecular flexibility index (Phi) is 5.72. The summed E-state index contributed by atoms with van der Waals surface area (Å²) < 4.78 is 5.32. The number of fused-ring (bicyclic) bond motifs is 2. The van der Waals surface area contributed by atoms with Gasteiger partial charge in [0, 0.05) is 32.6 Å². The Morgan fingerprint density at radius 3 is 2.47 bits per heavy atom.